The summed E-state index contributed by atoms with van der Waals surface area (Å²) in [6, 6.07) is 6.79. The number of hydrogen-bond donors (Lipinski definition) is 2. The summed E-state index contributed by atoms with van der Waals surface area (Å²) in [5.74, 6) is -0.425. The number of nitrogens with one attached hydrogen (secondary N) is 1. The molecule has 4 heteroatoms. The molecule has 1 heterocycles. The predicted molar refractivity (Wildman–Crippen MR) is 57.7 cm³/mol. The lowest BCUT2D eigenvalue weighted by Crippen LogP contribution is -2.22. The van der Waals surface area contributed by atoms with Crippen molar-refractivity contribution in [2.75, 3.05) is 0 Å². The smallest absolute Gasteiger partial charge is 0.254 e. The molecular weight excluding hydrogens is 206 g/mol. The third-order valence-corrected chi connectivity index (χ3v) is 2.45. The Hall–Kier alpha value is -2.10. The Bertz CT molecular complexity index is 460. The Balaban J connectivity index is 1.97. The first kappa shape index (κ1) is 10.4. The van der Waals surface area contributed by atoms with Crippen LogP contribution in [0.4, 0.5) is 0 Å². The minimum atomic E-state index is -0.342. The SMILES string of the molecule is O=C1C=C(CCc2ccc(O)cc2)C(=O)N1. The number of phenolic OH excluding ortho intramolecular Hbond substituents is 1. The van der Waals surface area contributed by atoms with Gasteiger partial charge in [-0.15, -0.1) is 0 Å². The van der Waals surface area contributed by atoms with Gasteiger partial charge in [0, 0.05) is 11.6 Å². The Morgan fingerprint density at radius 3 is 2.31 bits per heavy atom. The maximum absolute atomic E-state index is 11.2. The third-order valence-electron chi connectivity index (χ3n) is 2.45. The number of hydrogen-bond acceptors (Lipinski definition) is 3. The fourth-order valence-electron chi connectivity index (χ4n) is 1.58. The van der Waals surface area contributed by atoms with Gasteiger partial charge in [0.25, 0.3) is 11.8 Å². The highest BCUT2D eigenvalue weighted by Crippen LogP contribution is 2.15. The van der Waals surface area contributed by atoms with Crippen molar-refractivity contribution in [2.45, 2.75) is 12.8 Å². The molecule has 2 amide bonds. The number of imide groups is 1. The zero-order valence-electron chi connectivity index (χ0n) is 8.56. The number of aryl methyl sites for hydroxylation is 1. The van der Waals surface area contributed by atoms with Gasteiger partial charge in [0.15, 0.2) is 0 Å². The van der Waals surface area contributed by atoms with Crippen LogP contribution in [0, 0.1) is 0 Å². The number of phenols is 1. The molecule has 0 spiro atoms. The van der Waals surface area contributed by atoms with Gasteiger partial charge in [-0.3, -0.25) is 14.9 Å². The quantitative estimate of drug-likeness (QED) is 0.739. The molecule has 2 rings (SSSR count). The van der Waals surface area contributed by atoms with Gasteiger partial charge in [-0.2, -0.15) is 0 Å². The molecule has 4 nitrogen and oxygen atoms in total. The average Bonchev–Trinajstić information content (AvgIpc) is 2.57. The summed E-state index contributed by atoms with van der Waals surface area (Å²) in [5.41, 5.74) is 1.53. The third kappa shape index (κ3) is 2.28. The molecule has 1 aromatic carbocycles. The minimum absolute atomic E-state index is 0.219. The number of carbonyl (C=O) groups excluding carboxylic acids is 2. The molecule has 2 N–H and O–H groups in total. The molecule has 0 saturated heterocycles. The molecule has 1 aliphatic heterocycles. The molecule has 1 aliphatic rings. The van der Waals surface area contributed by atoms with Crippen LogP contribution >= 0.6 is 0 Å². The normalized spacial score (nSPS) is 14.9. The van der Waals surface area contributed by atoms with E-state index in [0.717, 1.165) is 5.56 Å². The maximum Gasteiger partial charge on any atom is 0.254 e. The molecule has 0 bridgehead atoms. The highest BCUT2D eigenvalue weighted by molar-refractivity contribution is 6.16. The van der Waals surface area contributed by atoms with Crippen molar-refractivity contribution in [2.24, 2.45) is 0 Å². The maximum atomic E-state index is 11.2. The fourth-order valence-corrected chi connectivity index (χ4v) is 1.58. The standard InChI is InChI=1S/C12H11NO3/c14-10-5-2-8(3-6-10)1-4-9-7-11(15)13-12(9)16/h2-3,5-7,14H,1,4H2,(H,13,15,16). The number of carbonyl (C=O) groups is 2. The van der Waals surface area contributed by atoms with Gasteiger partial charge in [-0.05, 0) is 30.5 Å². The van der Waals surface area contributed by atoms with Gasteiger partial charge < -0.3 is 5.11 Å². The van der Waals surface area contributed by atoms with E-state index in [0.29, 0.717) is 18.4 Å². The summed E-state index contributed by atoms with van der Waals surface area (Å²) in [7, 11) is 0. The molecule has 0 fully saturated rings. The molecule has 0 unspecified atom stereocenters. The van der Waals surface area contributed by atoms with Crippen molar-refractivity contribution in [3.63, 3.8) is 0 Å². The van der Waals surface area contributed by atoms with E-state index in [1.807, 2.05) is 0 Å². The molecule has 16 heavy (non-hydrogen) atoms. The van der Waals surface area contributed by atoms with E-state index >= 15 is 0 Å². The van der Waals surface area contributed by atoms with Crippen molar-refractivity contribution >= 4 is 11.8 Å². The lowest BCUT2D eigenvalue weighted by atomic mass is 10.0. The van der Waals surface area contributed by atoms with Crippen LogP contribution in [0.25, 0.3) is 0 Å². The van der Waals surface area contributed by atoms with Crippen LogP contribution in [0.3, 0.4) is 0 Å². The van der Waals surface area contributed by atoms with Crippen LogP contribution in [0.15, 0.2) is 35.9 Å². The van der Waals surface area contributed by atoms with E-state index < -0.39 is 0 Å². The minimum Gasteiger partial charge on any atom is -0.508 e. The molecular formula is C12H11NO3. The largest absolute Gasteiger partial charge is 0.508 e. The summed E-state index contributed by atoms with van der Waals surface area (Å²) < 4.78 is 0. The topological polar surface area (TPSA) is 66.4 Å². The molecule has 0 aromatic heterocycles. The van der Waals surface area contributed by atoms with Crippen molar-refractivity contribution in [3.8, 4) is 5.75 Å². The van der Waals surface area contributed by atoms with Crippen molar-refractivity contribution in [1.82, 2.24) is 5.32 Å². The van der Waals surface area contributed by atoms with Crippen LogP contribution in [-0.2, 0) is 16.0 Å². The van der Waals surface area contributed by atoms with Crippen molar-refractivity contribution < 1.29 is 14.7 Å². The highest BCUT2D eigenvalue weighted by Gasteiger charge is 2.19. The second-order valence-corrected chi connectivity index (χ2v) is 3.65. The summed E-state index contributed by atoms with van der Waals surface area (Å²) in [6.07, 6.45) is 2.54. The number of amides is 2. The van der Waals surface area contributed by atoms with Crippen LogP contribution in [0.1, 0.15) is 12.0 Å². The van der Waals surface area contributed by atoms with Gasteiger partial charge >= 0.3 is 0 Å². The van der Waals surface area contributed by atoms with Crippen LogP contribution in [0.5, 0.6) is 5.75 Å². The predicted octanol–water partition coefficient (Wildman–Crippen LogP) is 0.908. The first-order chi connectivity index (χ1) is 7.65. The molecule has 0 atom stereocenters. The van der Waals surface area contributed by atoms with Gasteiger partial charge in [0.05, 0.1) is 0 Å². The Labute approximate surface area is 92.6 Å². The monoisotopic (exact) mass is 217 g/mol. The first-order valence-electron chi connectivity index (χ1n) is 4.99. The Kier molecular flexibility index (Phi) is 2.72. The van der Waals surface area contributed by atoms with Crippen LogP contribution < -0.4 is 5.32 Å². The Morgan fingerprint density at radius 2 is 1.75 bits per heavy atom. The summed E-state index contributed by atoms with van der Waals surface area (Å²) in [6.45, 7) is 0. The van der Waals surface area contributed by atoms with Crippen molar-refractivity contribution in [3.05, 3.63) is 41.5 Å². The number of benzene rings is 1. The van der Waals surface area contributed by atoms with E-state index in [4.69, 9.17) is 5.11 Å². The lowest BCUT2D eigenvalue weighted by Gasteiger charge is -2.01. The van der Waals surface area contributed by atoms with Gasteiger partial charge in [-0.25, -0.2) is 0 Å². The molecule has 0 saturated carbocycles. The van der Waals surface area contributed by atoms with E-state index in [2.05, 4.69) is 5.32 Å². The summed E-state index contributed by atoms with van der Waals surface area (Å²) in [5, 5.41) is 11.3. The van der Waals surface area contributed by atoms with Gasteiger partial charge in [0.1, 0.15) is 5.75 Å². The molecule has 0 aliphatic carbocycles. The van der Waals surface area contributed by atoms with Gasteiger partial charge in [-0.1, -0.05) is 12.1 Å². The van der Waals surface area contributed by atoms with Crippen LogP contribution in [0.2, 0.25) is 0 Å². The molecule has 82 valence electrons. The first-order valence-corrected chi connectivity index (χ1v) is 4.99. The number of aromatic hydroxyl groups is 1. The number of rotatable bonds is 3. The zero-order chi connectivity index (χ0) is 11.5. The molecule has 1 aromatic rings. The summed E-state index contributed by atoms with van der Waals surface area (Å²) >= 11 is 0. The molecule has 0 radical (unpaired) electrons. The van der Waals surface area contributed by atoms with E-state index in [-0.39, 0.29) is 17.6 Å². The van der Waals surface area contributed by atoms with Crippen LogP contribution in [-0.4, -0.2) is 16.9 Å². The van der Waals surface area contributed by atoms with Gasteiger partial charge in [0.2, 0.25) is 0 Å². The second kappa shape index (κ2) is 4.18. The highest BCUT2D eigenvalue weighted by atomic mass is 16.3. The lowest BCUT2D eigenvalue weighted by molar-refractivity contribution is -0.123. The second-order valence-electron chi connectivity index (χ2n) is 3.65. The zero-order valence-corrected chi connectivity index (χ0v) is 8.56. The van der Waals surface area contributed by atoms with Crippen molar-refractivity contribution in [1.29, 1.82) is 0 Å². The average molecular weight is 217 g/mol. The van der Waals surface area contributed by atoms with E-state index in [1.165, 1.54) is 6.08 Å². The van der Waals surface area contributed by atoms with E-state index in [1.54, 1.807) is 24.3 Å². The fraction of sp³-hybridized carbons (Fsp3) is 0.167. The summed E-state index contributed by atoms with van der Waals surface area (Å²) in [4.78, 5) is 22.1. The Morgan fingerprint density at radius 1 is 1.06 bits per heavy atom. The van der Waals surface area contributed by atoms with E-state index in [9.17, 15) is 9.59 Å².